The van der Waals surface area contributed by atoms with E-state index in [2.05, 4.69) is 5.32 Å². The highest BCUT2D eigenvalue weighted by Crippen LogP contribution is 2.06. The molecule has 0 aromatic heterocycles. The van der Waals surface area contributed by atoms with Crippen molar-refractivity contribution in [2.24, 2.45) is 5.73 Å². The molecule has 0 radical (unpaired) electrons. The third-order valence-corrected chi connectivity index (χ3v) is 1.96. The molecular weight excluding hydrogens is 212 g/mol. The van der Waals surface area contributed by atoms with E-state index in [4.69, 9.17) is 15.6 Å². The van der Waals surface area contributed by atoms with Gasteiger partial charge in [-0.2, -0.15) is 0 Å². The number of aliphatic carboxylic acids is 1. The topological polar surface area (TPSA) is 102 Å². The van der Waals surface area contributed by atoms with Gasteiger partial charge in [-0.25, -0.2) is 4.79 Å². The highest BCUT2D eigenvalue weighted by atomic mass is 16.5. The molecular formula is C10H20N2O4. The van der Waals surface area contributed by atoms with Gasteiger partial charge in [-0.3, -0.25) is 4.79 Å². The van der Waals surface area contributed by atoms with Gasteiger partial charge in [0.25, 0.3) is 0 Å². The maximum Gasteiger partial charge on any atom is 0.328 e. The molecule has 4 N–H and O–H groups in total. The van der Waals surface area contributed by atoms with Crippen molar-refractivity contribution in [1.82, 2.24) is 5.32 Å². The molecule has 0 saturated heterocycles. The van der Waals surface area contributed by atoms with Crippen LogP contribution in [0.4, 0.5) is 0 Å². The number of carbonyl (C=O) groups excluding carboxylic acids is 1. The zero-order chi connectivity index (χ0) is 12.8. The molecule has 0 aromatic carbocycles. The van der Waals surface area contributed by atoms with E-state index in [1.807, 2.05) is 13.8 Å². The van der Waals surface area contributed by atoms with Crippen molar-refractivity contribution in [3.63, 3.8) is 0 Å². The lowest BCUT2D eigenvalue weighted by molar-refractivity contribution is -0.143. The molecule has 0 aromatic rings. The van der Waals surface area contributed by atoms with Gasteiger partial charge in [-0.05, 0) is 20.3 Å². The number of ether oxygens (including phenoxy) is 1. The lowest BCUT2D eigenvalue weighted by Crippen LogP contribution is -2.44. The van der Waals surface area contributed by atoms with Crippen molar-refractivity contribution in [3.8, 4) is 0 Å². The van der Waals surface area contributed by atoms with Gasteiger partial charge in [0.2, 0.25) is 5.91 Å². The molecule has 1 amide bonds. The van der Waals surface area contributed by atoms with Crippen LogP contribution < -0.4 is 11.1 Å². The van der Waals surface area contributed by atoms with Gasteiger partial charge in [0.1, 0.15) is 0 Å². The standard InChI is InChI=1S/C10H20N2O4/c1-10(2,11)5-4-8(13)12-7(6-16-3)9(14)15/h7H,4-6,11H2,1-3H3,(H,12,13)(H,14,15). The first-order valence-electron chi connectivity index (χ1n) is 5.06. The summed E-state index contributed by atoms with van der Waals surface area (Å²) in [5.74, 6) is -1.44. The maximum absolute atomic E-state index is 11.4. The molecule has 1 atom stereocenters. The van der Waals surface area contributed by atoms with Crippen molar-refractivity contribution in [3.05, 3.63) is 0 Å². The Morgan fingerprint density at radius 2 is 2.06 bits per heavy atom. The number of amides is 1. The van der Waals surface area contributed by atoms with Crippen LogP contribution in [-0.4, -0.2) is 42.3 Å². The second-order valence-electron chi connectivity index (χ2n) is 4.40. The van der Waals surface area contributed by atoms with E-state index < -0.39 is 17.6 Å². The fourth-order valence-corrected chi connectivity index (χ4v) is 1.04. The summed E-state index contributed by atoms with van der Waals surface area (Å²) < 4.78 is 4.69. The van der Waals surface area contributed by atoms with E-state index in [9.17, 15) is 9.59 Å². The molecule has 0 aliphatic heterocycles. The average Bonchev–Trinajstić information content (AvgIpc) is 2.13. The number of nitrogens with one attached hydrogen (secondary N) is 1. The number of rotatable bonds is 7. The number of hydrogen-bond donors (Lipinski definition) is 3. The van der Waals surface area contributed by atoms with Crippen molar-refractivity contribution in [1.29, 1.82) is 0 Å². The van der Waals surface area contributed by atoms with E-state index in [1.165, 1.54) is 7.11 Å². The molecule has 16 heavy (non-hydrogen) atoms. The summed E-state index contributed by atoms with van der Waals surface area (Å²) in [6, 6.07) is -1.00. The second-order valence-corrected chi connectivity index (χ2v) is 4.40. The highest BCUT2D eigenvalue weighted by molar-refractivity contribution is 5.83. The monoisotopic (exact) mass is 232 g/mol. The maximum atomic E-state index is 11.4. The quantitative estimate of drug-likeness (QED) is 0.560. The largest absolute Gasteiger partial charge is 0.480 e. The Kier molecular flexibility index (Phi) is 5.98. The summed E-state index contributed by atoms with van der Waals surface area (Å²) in [5, 5.41) is 11.1. The first-order valence-corrected chi connectivity index (χ1v) is 5.06. The minimum atomic E-state index is -1.11. The predicted molar refractivity (Wildman–Crippen MR) is 58.9 cm³/mol. The van der Waals surface area contributed by atoms with E-state index in [0.717, 1.165) is 0 Å². The van der Waals surface area contributed by atoms with Crippen LogP contribution in [0.2, 0.25) is 0 Å². The van der Waals surface area contributed by atoms with Gasteiger partial charge in [0.05, 0.1) is 6.61 Å². The molecule has 0 saturated carbocycles. The Bertz CT molecular complexity index is 248. The van der Waals surface area contributed by atoms with Crippen LogP contribution in [-0.2, 0) is 14.3 Å². The van der Waals surface area contributed by atoms with Crippen LogP contribution in [0.25, 0.3) is 0 Å². The minimum absolute atomic E-state index is 0.0485. The van der Waals surface area contributed by atoms with Gasteiger partial charge in [-0.15, -0.1) is 0 Å². The van der Waals surface area contributed by atoms with E-state index in [1.54, 1.807) is 0 Å². The number of nitrogens with two attached hydrogens (primary N) is 1. The third-order valence-electron chi connectivity index (χ3n) is 1.96. The molecule has 0 heterocycles. The zero-order valence-corrected chi connectivity index (χ0v) is 9.95. The number of carbonyl (C=O) groups is 2. The molecule has 1 unspecified atom stereocenters. The Balaban J connectivity index is 4.05. The van der Waals surface area contributed by atoms with Crippen LogP contribution in [0.15, 0.2) is 0 Å². The summed E-state index contributed by atoms with van der Waals surface area (Å²) in [7, 11) is 1.38. The smallest absolute Gasteiger partial charge is 0.328 e. The van der Waals surface area contributed by atoms with Crippen molar-refractivity contribution in [2.45, 2.75) is 38.3 Å². The number of methoxy groups -OCH3 is 1. The molecule has 94 valence electrons. The lowest BCUT2D eigenvalue weighted by atomic mass is 10.00. The number of carboxylic acids is 1. The van der Waals surface area contributed by atoms with Gasteiger partial charge < -0.3 is 20.9 Å². The minimum Gasteiger partial charge on any atom is -0.480 e. The lowest BCUT2D eigenvalue weighted by Gasteiger charge is -2.19. The summed E-state index contributed by atoms with van der Waals surface area (Å²) in [4.78, 5) is 22.1. The molecule has 0 bridgehead atoms. The predicted octanol–water partition coefficient (Wildman–Crippen LogP) is -0.280. The Labute approximate surface area is 95.1 Å². The number of hydrogen-bond acceptors (Lipinski definition) is 4. The van der Waals surface area contributed by atoms with Gasteiger partial charge in [0, 0.05) is 19.1 Å². The molecule has 0 aliphatic carbocycles. The van der Waals surface area contributed by atoms with Crippen molar-refractivity contribution < 1.29 is 19.4 Å². The van der Waals surface area contributed by atoms with Gasteiger partial charge >= 0.3 is 5.97 Å². The molecule has 6 heteroatoms. The van der Waals surface area contributed by atoms with E-state index >= 15 is 0 Å². The Morgan fingerprint density at radius 1 is 1.50 bits per heavy atom. The second kappa shape index (κ2) is 6.44. The summed E-state index contributed by atoms with van der Waals surface area (Å²) in [5.41, 5.74) is 5.28. The van der Waals surface area contributed by atoms with Crippen molar-refractivity contribution in [2.75, 3.05) is 13.7 Å². The van der Waals surface area contributed by atoms with Gasteiger partial charge in [0.15, 0.2) is 6.04 Å². The normalized spacial score (nSPS) is 13.2. The van der Waals surface area contributed by atoms with Crippen molar-refractivity contribution >= 4 is 11.9 Å². The van der Waals surface area contributed by atoms with Crippen LogP contribution in [0, 0.1) is 0 Å². The van der Waals surface area contributed by atoms with Crippen LogP contribution in [0.5, 0.6) is 0 Å². The van der Waals surface area contributed by atoms with Crippen LogP contribution in [0.3, 0.4) is 0 Å². The highest BCUT2D eigenvalue weighted by Gasteiger charge is 2.20. The summed E-state index contributed by atoms with van der Waals surface area (Å²) in [6.07, 6.45) is 0.704. The molecule has 0 rings (SSSR count). The fraction of sp³-hybridized carbons (Fsp3) is 0.800. The van der Waals surface area contributed by atoms with Crippen LogP contribution >= 0.6 is 0 Å². The molecule has 0 aliphatic rings. The molecule has 6 nitrogen and oxygen atoms in total. The van der Waals surface area contributed by atoms with E-state index in [-0.39, 0.29) is 18.9 Å². The zero-order valence-electron chi connectivity index (χ0n) is 9.95. The number of carboxylic acid groups (broad SMARTS) is 1. The van der Waals surface area contributed by atoms with E-state index in [0.29, 0.717) is 6.42 Å². The average molecular weight is 232 g/mol. The van der Waals surface area contributed by atoms with Gasteiger partial charge in [-0.1, -0.05) is 0 Å². The van der Waals surface area contributed by atoms with Crippen LogP contribution in [0.1, 0.15) is 26.7 Å². The summed E-state index contributed by atoms with van der Waals surface area (Å²) in [6.45, 7) is 3.57. The summed E-state index contributed by atoms with van der Waals surface area (Å²) >= 11 is 0. The first kappa shape index (κ1) is 14.9. The molecule has 0 fully saturated rings. The first-order chi connectivity index (χ1) is 7.26. The molecule has 0 spiro atoms. The Hall–Kier alpha value is -1.14. The SMILES string of the molecule is COCC(NC(=O)CCC(C)(C)N)C(=O)O. The third kappa shape index (κ3) is 7.19. The Morgan fingerprint density at radius 3 is 2.44 bits per heavy atom. The fourth-order valence-electron chi connectivity index (χ4n) is 1.04.